The summed E-state index contributed by atoms with van der Waals surface area (Å²) in [5, 5.41) is 3.14. The van der Waals surface area contributed by atoms with E-state index in [1.807, 2.05) is 33.0 Å². The van der Waals surface area contributed by atoms with Crippen molar-refractivity contribution in [2.45, 2.75) is 30.7 Å². The van der Waals surface area contributed by atoms with E-state index in [-0.39, 0.29) is 17.7 Å². The van der Waals surface area contributed by atoms with Gasteiger partial charge in [0, 0.05) is 12.0 Å². The summed E-state index contributed by atoms with van der Waals surface area (Å²) in [6.07, 6.45) is 0. The van der Waals surface area contributed by atoms with E-state index in [1.54, 1.807) is 6.07 Å². The molecule has 0 amide bonds. The fourth-order valence-electron chi connectivity index (χ4n) is 2.27. The van der Waals surface area contributed by atoms with Crippen LogP contribution in [0.1, 0.15) is 24.0 Å². The van der Waals surface area contributed by atoms with Crippen molar-refractivity contribution in [3.8, 4) is 0 Å². The van der Waals surface area contributed by atoms with Gasteiger partial charge in [-0.3, -0.25) is 0 Å². The van der Waals surface area contributed by atoms with Gasteiger partial charge >= 0.3 is 0 Å². The Morgan fingerprint density at radius 3 is 2.75 bits per heavy atom. The molecule has 0 saturated heterocycles. The topological polar surface area (TPSA) is 46.2 Å². The summed E-state index contributed by atoms with van der Waals surface area (Å²) in [6, 6.07) is 5.78. The Balaban J connectivity index is 2.56. The standard InChI is InChI=1S/C12H17NO2S/c1-8-4-5-12-10(6-8)11(9(2)13-3)7-16(12,14)15/h4-6,9,11,13H,7H2,1-3H3. The molecular formula is C12H17NO2S. The van der Waals surface area contributed by atoms with Gasteiger partial charge in [-0.1, -0.05) is 17.7 Å². The third-order valence-corrected chi connectivity index (χ3v) is 5.20. The number of sulfone groups is 1. The largest absolute Gasteiger partial charge is 0.317 e. The van der Waals surface area contributed by atoms with Gasteiger partial charge < -0.3 is 5.32 Å². The average Bonchev–Trinajstić information content (AvgIpc) is 2.49. The van der Waals surface area contributed by atoms with Gasteiger partial charge in [0.25, 0.3) is 0 Å². The van der Waals surface area contributed by atoms with Crippen LogP contribution in [-0.2, 0) is 9.84 Å². The molecule has 0 aliphatic carbocycles. The maximum absolute atomic E-state index is 12.0. The fourth-order valence-corrected chi connectivity index (χ4v) is 4.24. The number of benzene rings is 1. The summed E-state index contributed by atoms with van der Waals surface area (Å²) in [4.78, 5) is 0.519. The molecule has 0 spiro atoms. The lowest BCUT2D eigenvalue weighted by Crippen LogP contribution is -2.29. The van der Waals surface area contributed by atoms with Crippen LogP contribution in [0.2, 0.25) is 0 Å². The molecule has 3 nitrogen and oxygen atoms in total. The van der Waals surface area contributed by atoms with Crippen molar-refractivity contribution in [3.63, 3.8) is 0 Å². The van der Waals surface area contributed by atoms with Gasteiger partial charge in [-0.25, -0.2) is 8.42 Å². The zero-order valence-corrected chi connectivity index (χ0v) is 10.6. The number of hydrogen-bond acceptors (Lipinski definition) is 3. The second-order valence-electron chi connectivity index (χ2n) is 4.51. The Bertz CT molecular complexity index is 508. The first-order valence-electron chi connectivity index (χ1n) is 5.46. The molecular weight excluding hydrogens is 222 g/mol. The van der Waals surface area contributed by atoms with E-state index in [1.165, 1.54) is 0 Å². The van der Waals surface area contributed by atoms with Gasteiger partial charge in [0.1, 0.15) is 0 Å². The molecule has 2 unspecified atom stereocenters. The van der Waals surface area contributed by atoms with Gasteiger partial charge in [-0.05, 0) is 32.5 Å². The number of fused-ring (bicyclic) bond motifs is 1. The fraction of sp³-hybridized carbons (Fsp3) is 0.500. The van der Waals surface area contributed by atoms with Crippen LogP contribution >= 0.6 is 0 Å². The van der Waals surface area contributed by atoms with Gasteiger partial charge in [-0.15, -0.1) is 0 Å². The molecule has 0 aromatic heterocycles. The second-order valence-corrected chi connectivity index (χ2v) is 6.51. The van der Waals surface area contributed by atoms with Crippen LogP contribution in [0, 0.1) is 6.92 Å². The summed E-state index contributed by atoms with van der Waals surface area (Å²) in [5.74, 6) is 0.304. The van der Waals surface area contributed by atoms with Crippen molar-refractivity contribution < 1.29 is 8.42 Å². The van der Waals surface area contributed by atoms with E-state index < -0.39 is 9.84 Å². The molecule has 0 radical (unpaired) electrons. The first-order valence-corrected chi connectivity index (χ1v) is 7.11. The Labute approximate surface area is 96.8 Å². The summed E-state index contributed by atoms with van der Waals surface area (Å²) in [5.41, 5.74) is 2.09. The summed E-state index contributed by atoms with van der Waals surface area (Å²) in [7, 11) is -1.20. The molecule has 1 heterocycles. The molecule has 1 aromatic rings. The van der Waals surface area contributed by atoms with E-state index in [9.17, 15) is 8.42 Å². The van der Waals surface area contributed by atoms with Crippen molar-refractivity contribution >= 4 is 9.84 Å². The highest BCUT2D eigenvalue weighted by Crippen LogP contribution is 2.37. The highest BCUT2D eigenvalue weighted by Gasteiger charge is 2.36. The van der Waals surface area contributed by atoms with Crippen molar-refractivity contribution in [2.24, 2.45) is 0 Å². The highest BCUT2D eigenvalue weighted by atomic mass is 32.2. The molecule has 1 aliphatic heterocycles. The summed E-state index contributed by atoms with van der Waals surface area (Å²) in [6.45, 7) is 4.02. The lowest BCUT2D eigenvalue weighted by molar-refractivity contribution is 0.524. The zero-order chi connectivity index (χ0) is 11.9. The third-order valence-electron chi connectivity index (χ3n) is 3.36. The number of nitrogens with one attached hydrogen (secondary N) is 1. The lowest BCUT2D eigenvalue weighted by Gasteiger charge is -2.18. The van der Waals surface area contributed by atoms with Crippen molar-refractivity contribution in [2.75, 3.05) is 12.8 Å². The van der Waals surface area contributed by atoms with Gasteiger partial charge in [0.15, 0.2) is 9.84 Å². The van der Waals surface area contributed by atoms with E-state index in [2.05, 4.69) is 5.32 Å². The number of hydrogen-bond donors (Lipinski definition) is 1. The smallest absolute Gasteiger partial charge is 0.179 e. The van der Waals surface area contributed by atoms with E-state index in [0.29, 0.717) is 4.90 Å². The predicted octanol–water partition coefficient (Wildman–Crippen LogP) is 1.47. The van der Waals surface area contributed by atoms with Crippen LogP contribution < -0.4 is 5.32 Å². The second kappa shape index (κ2) is 3.86. The molecule has 16 heavy (non-hydrogen) atoms. The Hall–Kier alpha value is -0.870. The maximum atomic E-state index is 12.0. The van der Waals surface area contributed by atoms with E-state index in [0.717, 1.165) is 11.1 Å². The minimum atomic E-state index is -3.07. The molecule has 0 bridgehead atoms. The number of rotatable bonds is 2. The van der Waals surface area contributed by atoms with Gasteiger partial charge in [-0.2, -0.15) is 0 Å². The first-order chi connectivity index (χ1) is 7.45. The number of likely N-dealkylation sites (N-methyl/N-ethyl adjacent to an activating group) is 1. The van der Waals surface area contributed by atoms with E-state index >= 15 is 0 Å². The summed E-state index contributed by atoms with van der Waals surface area (Å²) >= 11 is 0. The molecule has 1 aromatic carbocycles. The van der Waals surface area contributed by atoms with Gasteiger partial charge in [0.2, 0.25) is 0 Å². The SMILES string of the molecule is CNC(C)C1CS(=O)(=O)c2ccc(C)cc21. The molecule has 4 heteroatoms. The molecule has 0 fully saturated rings. The highest BCUT2D eigenvalue weighted by molar-refractivity contribution is 7.91. The first kappa shape index (κ1) is 11.6. The minimum Gasteiger partial charge on any atom is -0.317 e. The molecule has 1 aliphatic rings. The van der Waals surface area contributed by atoms with Crippen molar-refractivity contribution in [1.82, 2.24) is 5.32 Å². The Morgan fingerprint density at radius 2 is 2.12 bits per heavy atom. The van der Waals surface area contributed by atoms with Crippen molar-refractivity contribution in [3.05, 3.63) is 29.3 Å². The van der Waals surface area contributed by atoms with E-state index in [4.69, 9.17) is 0 Å². The lowest BCUT2D eigenvalue weighted by atomic mass is 9.93. The molecule has 2 rings (SSSR count). The Kier molecular flexibility index (Phi) is 2.80. The Morgan fingerprint density at radius 1 is 1.44 bits per heavy atom. The van der Waals surface area contributed by atoms with Crippen molar-refractivity contribution in [1.29, 1.82) is 0 Å². The van der Waals surface area contributed by atoms with Crippen LogP contribution in [0.5, 0.6) is 0 Å². The molecule has 88 valence electrons. The zero-order valence-electron chi connectivity index (χ0n) is 9.82. The molecule has 0 saturated carbocycles. The maximum Gasteiger partial charge on any atom is 0.179 e. The van der Waals surface area contributed by atoms with Gasteiger partial charge in [0.05, 0.1) is 10.6 Å². The normalized spacial score (nSPS) is 24.1. The van der Waals surface area contributed by atoms with Crippen LogP contribution in [0.25, 0.3) is 0 Å². The molecule has 2 atom stereocenters. The monoisotopic (exact) mass is 239 g/mol. The number of aryl methyl sites for hydroxylation is 1. The van der Waals surface area contributed by atoms with Crippen LogP contribution in [0.4, 0.5) is 0 Å². The van der Waals surface area contributed by atoms with Crippen LogP contribution in [0.15, 0.2) is 23.1 Å². The molecule has 1 N–H and O–H groups in total. The minimum absolute atomic E-state index is 0.0740. The van der Waals surface area contributed by atoms with Crippen LogP contribution in [0.3, 0.4) is 0 Å². The third kappa shape index (κ3) is 1.76. The summed E-state index contributed by atoms with van der Waals surface area (Å²) < 4.78 is 23.9. The average molecular weight is 239 g/mol. The predicted molar refractivity (Wildman–Crippen MR) is 64.5 cm³/mol. The quantitative estimate of drug-likeness (QED) is 0.850. The van der Waals surface area contributed by atoms with Crippen LogP contribution in [-0.4, -0.2) is 27.3 Å².